The van der Waals surface area contributed by atoms with Crippen molar-refractivity contribution in [2.24, 2.45) is 0 Å². The summed E-state index contributed by atoms with van der Waals surface area (Å²) < 4.78 is 10.4. The van der Waals surface area contributed by atoms with Crippen LogP contribution in [0.2, 0.25) is 0 Å². The van der Waals surface area contributed by atoms with Crippen LogP contribution < -0.4 is 5.32 Å². The van der Waals surface area contributed by atoms with Crippen molar-refractivity contribution >= 4 is 0 Å². The molecule has 0 atom stereocenters. The van der Waals surface area contributed by atoms with E-state index in [1.54, 1.807) is 0 Å². The van der Waals surface area contributed by atoms with Gasteiger partial charge in [-0.15, -0.1) is 0 Å². The molecule has 1 heterocycles. The lowest BCUT2D eigenvalue weighted by molar-refractivity contribution is -0.000745. The Hall–Kier alpha value is -0.940. The molecule has 0 aliphatic rings. The molecule has 1 aromatic heterocycles. The maximum absolute atomic E-state index is 5.55. The summed E-state index contributed by atoms with van der Waals surface area (Å²) in [6.45, 7) is 8.52. The standard InChI is InChI=1S/C10H19N3O2/c1-10(2,3)14-7-6-11-5-4-9-12-8-13-15-9/h8,11H,4-7H2,1-3H3. The molecule has 15 heavy (non-hydrogen) atoms. The maximum Gasteiger partial charge on any atom is 0.227 e. The molecule has 0 saturated heterocycles. The quantitative estimate of drug-likeness (QED) is 0.715. The van der Waals surface area contributed by atoms with Crippen LogP contribution in [0.3, 0.4) is 0 Å². The van der Waals surface area contributed by atoms with Gasteiger partial charge in [0.15, 0.2) is 6.33 Å². The molecule has 5 nitrogen and oxygen atoms in total. The molecular weight excluding hydrogens is 194 g/mol. The number of nitrogens with one attached hydrogen (secondary N) is 1. The first-order chi connectivity index (χ1) is 7.08. The zero-order chi connectivity index (χ0) is 11.1. The van der Waals surface area contributed by atoms with Crippen LogP contribution >= 0.6 is 0 Å². The molecular formula is C10H19N3O2. The minimum atomic E-state index is -0.0613. The van der Waals surface area contributed by atoms with Gasteiger partial charge in [-0.05, 0) is 20.8 Å². The van der Waals surface area contributed by atoms with Gasteiger partial charge in [0, 0.05) is 19.5 Å². The molecule has 0 radical (unpaired) electrons. The van der Waals surface area contributed by atoms with E-state index in [-0.39, 0.29) is 5.60 Å². The zero-order valence-corrected chi connectivity index (χ0v) is 9.62. The minimum Gasteiger partial charge on any atom is -0.375 e. The van der Waals surface area contributed by atoms with Gasteiger partial charge in [-0.1, -0.05) is 5.16 Å². The Morgan fingerprint density at radius 1 is 1.40 bits per heavy atom. The van der Waals surface area contributed by atoms with Gasteiger partial charge in [0.25, 0.3) is 0 Å². The highest BCUT2D eigenvalue weighted by Crippen LogP contribution is 2.04. The van der Waals surface area contributed by atoms with E-state index in [0.29, 0.717) is 12.5 Å². The first kappa shape index (κ1) is 12.1. The van der Waals surface area contributed by atoms with Crippen molar-refractivity contribution in [1.82, 2.24) is 15.5 Å². The summed E-state index contributed by atoms with van der Waals surface area (Å²) >= 11 is 0. The molecule has 1 N–H and O–H groups in total. The lowest BCUT2D eigenvalue weighted by Crippen LogP contribution is -2.27. The number of ether oxygens (including phenoxy) is 1. The van der Waals surface area contributed by atoms with Crippen LogP contribution in [0.15, 0.2) is 10.9 Å². The summed E-state index contributed by atoms with van der Waals surface area (Å²) in [4.78, 5) is 3.92. The summed E-state index contributed by atoms with van der Waals surface area (Å²) in [7, 11) is 0. The van der Waals surface area contributed by atoms with Gasteiger partial charge in [0.1, 0.15) is 0 Å². The van der Waals surface area contributed by atoms with E-state index >= 15 is 0 Å². The first-order valence-corrected chi connectivity index (χ1v) is 5.18. The van der Waals surface area contributed by atoms with Crippen molar-refractivity contribution in [3.63, 3.8) is 0 Å². The maximum atomic E-state index is 5.55. The van der Waals surface area contributed by atoms with E-state index in [4.69, 9.17) is 9.26 Å². The predicted octanol–water partition coefficient (Wildman–Crippen LogP) is 1.02. The van der Waals surface area contributed by atoms with E-state index in [0.717, 1.165) is 19.5 Å². The average molecular weight is 213 g/mol. The van der Waals surface area contributed by atoms with E-state index in [1.807, 2.05) is 20.8 Å². The lowest BCUT2D eigenvalue weighted by Gasteiger charge is -2.19. The van der Waals surface area contributed by atoms with Gasteiger partial charge in [-0.2, -0.15) is 4.98 Å². The molecule has 0 spiro atoms. The summed E-state index contributed by atoms with van der Waals surface area (Å²) in [6.07, 6.45) is 2.17. The molecule has 0 aromatic carbocycles. The Bertz CT molecular complexity index is 254. The van der Waals surface area contributed by atoms with Crippen LogP contribution in [0.1, 0.15) is 26.7 Å². The Balaban J connectivity index is 1.94. The first-order valence-electron chi connectivity index (χ1n) is 5.18. The van der Waals surface area contributed by atoms with Crippen molar-refractivity contribution in [1.29, 1.82) is 0 Å². The van der Waals surface area contributed by atoms with Gasteiger partial charge < -0.3 is 14.6 Å². The second kappa shape index (κ2) is 5.82. The molecule has 1 rings (SSSR count). The van der Waals surface area contributed by atoms with Gasteiger partial charge in [0.05, 0.1) is 12.2 Å². The third-order valence-corrected chi connectivity index (χ3v) is 1.74. The van der Waals surface area contributed by atoms with Crippen molar-refractivity contribution in [3.05, 3.63) is 12.2 Å². The van der Waals surface area contributed by atoms with Crippen molar-refractivity contribution in [2.75, 3.05) is 19.7 Å². The summed E-state index contributed by atoms with van der Waals surface area (Å²) in [5, 5.41) is 6.77. The molecule has 0 aliphatic heterocycles. The van der Waals surface area contributed by atoms with E-state index < -0.39 is 0 Å². The van der Waals surface area contributed by atoms with Crippen LogP contribution in [0, 0.1) is 0 Å². The second-order valence-electron chi connectivity index (χ2n) is 4.30. The van der Waals surface area contributed by atoms with Gasteiger partial charge in [-0.3, -0.25) is 0 Å². The predicted molar refractivity (Wildman–Crippen MR) is 56.6 cm³/mol. The van der Waals surface area contributed by atoms with Gasteiger partial charge in [0.2, 0.25) is 5.89 Å². The molecule has 1 aromatic rings. The highest BCUT2D eigenvalue weighted by atomic mass is 16.5. The monoisotopic (exact) mass is 213 g/mol. The SMILES string of the molecule is CC(C)(C)OCCNCCc1ncno1. The minimum absolute atomic E-state index is 0.0613. The largest absolute Gasteiger partial charge is 0.375 e. The van der Waals surface area contributed by atoms with Gasteiger partial charge >= 0.3 is 0 Å². The highest BCUT2D eigenvalue weighted by molar-refractivity contribution is 4.74. The number of hydrogen-bond donors (Lipinski definition) is 1. The second-order valence-corrected chi connectivity index (χ2v) is 4.30. The van der Waals surface area contributed by atoms with Crippen molar-refractivity contribution in [3.8, 4) is 0 Å². The average Bonchev–Trinajstić information content (AvgIpc) is 2.61. The van der Waals surface area contributed by atoms with Crippen LogP contribution in [-0.4, -0.2) is 35.4 Å². The Kier molecular flexibility index (Phi) is 4.71. The molecule has 0 saturated carbocycles. The summed E-state index contributed by atoms with van der Waals surface area (Å²) in [6, 6.07) is 0. The fraction of sp³-hybridized carbons (Fsp3) is 0.800. The lowest BCUT2D eigenvalue weighted by atomic mass is 10.2. The molecule has 5 heteroatoms. The molecule has 0 amide bonds. The van der Waals surface area contributed by atoms with E-state index in [2.05, 4.69) is 15.5 Å². The fourth-order valence-electron chi connectivity index (χ4n) is 1.06. The Morgan fingerprint density at radius 2 is 2.20 bits per heavy atom. The van der Waals surface area contributed by atoms with E-state index in [9.17, 15) is 0 Å². The number of rotatable bonds is 6. The fourth-order valence-corrected chi connectivity index (χ4v) is 1.06. The third kappa shape index (κ3) is 6.19. The summed E-state index contributed by atoms with van der Waals surface area (Å²) in [5.41, 5.74) is -0.0613. The molecule has 0 fully saturated rings. The third-order valence-electron chi connectivity index (χ3n) is 1.74. The van der Waals surface area contributed by atoms with Crippen LogP contribution in [-0.2, 0) is 11.2 Å². The van der Waals surface area contributed by atoms with Crippen molar-refractivity contribution < 1.29 is 9.26 Å². The zero-order valence-electron chi connectivity index (χ0n) is 9.62. The molecule has 0 bridgehead atoms. The number of nitrogens with zero attached hydrogens (tertiary/aromatic N) is 2. The Morgan fingerprint density at radius 3 is 2.80 bits per heavy atom. The highest BCUT2D eigenvalue weighted by Gasteiger charge is 2.08. The topological polar surface area (TPSA) is 60.2 Å². The molecule has 86 valence electrons. The normalized spacial score (nSPS) is 11.9. The van der Waals surface area contributed by atoms with Crippen molar-refractivity contribution in [2.45, 2.75) is 32.8 Å². The number of hydrogen-bond acceptors (Lipinski definition) is 5. The van der Waals surface area contributed by atoms with Crippen LogP contribution in [0.5, 0.6) is 0 Å². The number of aromatic nitrogens is 2. The summed E-state index contributed by atoms with van der Waals surface area (Å²) in [5.74, 6) is 0.666. The van der Waals surface area contributed by atoms with Gasteiger partial charge in [-0.25, -0.2) is 0 Å². The van der Waals surface area contributed by atoms with Crippen LogP contribution in [0.25, 0.3) is 0 Å². The van der Waals surface area contributed by atoms with E-state index in [1.165, 1.54) is 6.33 Å². The smallest absolute Gasteiger partial charge is 0.227 e. The molecule has 0 aliphatic carbocycles. The molecule has 0 unspecified atom stereocenters. The van der Waals surface area contributed by atoms with Crippen LogP contribution in [0.4, 0.5) is 0 Å². The Labute approximate surface area is 90.2 Å².